The fraction of sp³-hybridized carbons (Fsp3) is 0.118. The van der Waals surface area contributed by atoms with E-state index in [1.165, 1.54) is 6.26 Å². The summed E-state index contributed by atoms with van der Waals surface area (Å²) in [5.74, 6) is -0.160. The summed E-state index contributed by atoms with van der Waals surface area (Å²) in [5, 5.41) is 1.51. The molecular formula is C17H14ClNO2S. The molecule has 0 radical (unpaired) electrons. The van der Waals surface area contributed by atoms with Crippen LogP contribution in [-0.4, -0.2) is 27.0 Å². The zero-order chi connectivity index (χ0) is 15.7. The van der Waals surface area contributed by atoms with Gasteiger partial charge in [-0.3, -0.25) is 9.00 Å². The molecule has 1 atom stereocenters. The van der Waals surface area contributed by atoms with Gasteiger partial charge in [-0.2, -0.15) is 0 Å². The van der Waals surface area contributed by atoms with Crippen LogP contribution in [0.3, 0.4) is 0 Å². The highest BCUT2D eigenvalue weighted by atomic mass is 35.5. The summed E-state index contributed by atoms with van der Waals surface area (Å²) in [4.78, 5) is 15.6. The lowest BCUT2D eigenvalue weighted by atomic mass is 10.0. The second-order valence-corrected chi connectivity index (χ2v) is 6.94. The van der Waals surface area contributed by atoms with Crippen LogP contribution in [0.2, 0.25) is 5.02 Å². The molecule has 3 nitrogen and oxygen atoms in total. The zero-order valence-electron chi connectivity index (χ0n) is 11.9. The van der Waals surface area contributed by atoms with Gasteiger partial charge in [0.05, 0.1) is 11.4 Å². The minimum Gasteiger partial charge on any atom is -0.352 e. The van der Waals surface area contributed by atoms with Crippen molar-refractivity contribution in [3.05, 3.63) is 59.2 Å². The van der Waals surface area contributed by atoms with E-state index in [-0.39, 0.29) is 11.5 Å². The van der Waals surface area contributed by atoms with Gasteiger partial charge in [0.2, 0.25) is 0 Å². The van der Waals surface area contributed by atoms with Gasteiger partial charge in [-0.05, 0) is 23.8 Å². The summed E-state index contributed by atoms with van der Waals surface area (Å²) >= 11 is 6.10. The predicted molar refractivity (Wildman–Crippen MR) is 92.0 cm³/mol. The molecule has 22 heavy (non-hydrogen) atoms. The Morgan fingerprint density at radius 3 is 2.59 bits per heavy atom. The van der Waals surface area contributed by atoms with Gasteiger partial charge in [0.1, 0.15) is 0 Å². The molecule has 0 aliphatic heterocycles. The largest absolute Gasteiger partial charge is 0.352 e. The number of H-pyrrole nitrogens is 1. The molecule has 0 spiro atoms. The number of aromatic amines is 1. The molecule has 0 saturated carbocycles. The Balaban J connectivity index is 2.27. The zero-order valence-corrected chi connectivity index (χ0v) is 13.5. The third kappa shape index (κ3) is 2.85. The quantitative estimate of drug-likeness (QED) is 0.733. The van der Waals surface area contributed by atoms with Gasteiger partial charge in [-0.15, -0.1) is 0 Å². The average Bonchev–Trinajstić information content (AvgIpc) is 2.86. The molecule has 5 heteroatoms. The summed E-state index contributed by atoms with van der Waals surface area (Å²) in [6, 6.07) is 15.1. The van der Waals surface area contributed by atoms with E-state index in [4.69, 9.17) is 11.6 Å². The van der Waals surface area contributed by atoms with Crippen LogP contribution in [0, 0.1) is 0 Å². The van der Waals surface area contributed by atoms with E-state index in [9.17, 15) is 9.00 Å². The molecule has 1 aromatic heterocycles. The van der Waals surface area contributed by atoms with Gasteiger partial charge < -0.3 is 4.98 Å². The molecule has 2 aromatic carbocycles. The number of nitrogens with one attached hydrogen (secondary N) is 1. The number of carbonyl (C=O) groups excluding carboxylic acids is 1. The van der Waals surface area contributed by atoms with Crippen LogP contribution in [0.15, 0.2) is 48.5 Å². The molecule has 3 rings (SSSR count). The smallest absolute Gasteiger partial charge is 0.192 e. The normalized spacial score (nSPS) is 12.5. The number of carbonyl (C=O) groups is 1. The van der Waals surface area contributed by atoms with Crippen LogP contribution < -0.4 is 0 Å². The number of hydrogen-bond acceptors (Lipinski definition) is 2. The molecule has 1 unspecified atom stereocenters. The van der Waals surface area contributed by atoms with Crippen LogP contribution in [0.25, 0.3) is 22.0 Å². The second-order valence-electron chi connectivity index (χ2n) is 5.07. The van der Waals surface area contributed by atoms with Crippen molar-refractivity contribution in [3.8, 4) is 11.1 Å². The topological polar surface area (TPSA) is 49.9 Å². The molecule has 3 aromatic rings. The molecule has 0 aliphatic carbocycles. The van der Waals surface area contributed by atoms with Crippen molar-refractivity contribution in [2.45, 2.75) is 0 Å². The first-order valence-corrected chi connectivity index (χ1v) is 8.86. The molecule has 1 N–H and O–H groups in total. The Morgan fingerprint density at radius 1 is 1.18 bits per heavy atom. The van der Waals surface area contributed by atoms with E-state index in [0.29, 0.717) is 10.7 Å². The van der Waals surface area contributed by atoms with Crippen molar-refractivity contribution in [1.82, 2.24) is 4.98 Å². The summed E-state index contributed by atoms with van der Waals surface area (Å²) < 4.78 is 11.4. The van der Waals surface area contributed by atoms with Crippen molar-refractivity contribution in [1.29, 1.82) is 0 Å². The van der Waals surface area contributed by atoms with Gasteiger partial charge in [-0.25, -0.2) is 0 Å². The van der Waals surface area contributed by atoms with Gasteiger partial charge in [-0.1, -0.05) is 41.9 Å². The van der Waals surface area contributed by atoms with E-state index < -0.39 is 10.8 Å². The minimum absolute atomic E-state index is 0.000385. The fourth-order valence-corrected chi connectivity index (χ4v) is 3.22. The van der Waals surface area contributed by atoms with E-state index in [0.717, 1.165) is 22.0 Å². The van der Waals surface area contributed by atoms with Crippen molar-refractivity contribution in [2.24, 2.45) is 0 Å². The number of hydrogen-bond donors (Lipinski definition) is 1. The molecule has 0 fully saturated rings. The number of Topliss-reactive ketones (excluding diaryl/α,β-unsaturated/α-hetero) is 1. The Morgan fingerprint density at radius 2 is 1.91 bits per heavy atom. The van der Waals surface area contributed by atoms with Crippen molar-refractivity contribution < 1.29 is 9.00 Å². The summed E-state index contributed by atoms with van der Waals surface area (Å²) in [7, 11) is -1.18. The maximum absolute atomic E-state index is 12.4. The van der Waals surface area contributed by atoms with Crippen molar-refractivity contribution >= 4 is 39.1 Å². The van der Waals surface area contributed by atoms with E-state index in [2.05, 4.69) is 4.98 Å². The molecule has 0 saturated heterocycles. The van der Waals surface area contributed by atoms with Crippen LogP contribution in [0.5, 0.6) is 0 Å². The first kappa shape index (κ1) is 15.0. The van der Waals surface area contributed by atoms with Gasteiger partial charge in [0, 0.05) is 38.5 Å². The lowest BCUT2D eigenvalue weighted by Crippen LogP contribution is -2.11. The number of halogens is 1. The predicted octanol–water partition coefficient (Wildman–Crippen LogP) is 4.05. The van der Waals surface area contributed by atoms with Crippen LogP contribution in [0.4, 0.5) is 0 Å². The highest BCUT2D eigenvalue weighted by Crippen LogP contribution is 2.34. The minimum atomic E-state index is -1.18. The molecule has 1 heterocycles. The van der Waals surface area contributed by atoms with Gasteiger partial charge in [0.15, 0.2) is 5.78 Å². The number of ketones is 1. The Kier molecular flexibility index (Phi) is 4.14. The Hall–Kier alpha value is -1.91. The molecule has 0 bridgehead atoms. The highest BCUT2D eigenvalue weighted by molar-refractivity contribution is 7.85. The third-order valence-electron chi connectivity index (χ3n) is 3.44. The maximum atomic E-state index is 12.4. The first-order chi connectivity index (χ1) is 10.6. The van der Waals surface area contributed by atoms with Crippen LogP contribution >= 0.6 is 11.6 Å². The number of fused-ring (bicyclic) bond motifs is 1. The van der Waals surface area contributed by atoms with Crippen molar-refractivity contribution in [3.63, 3.8) is 0 Å². The van der Waals surface area contributed by atoms with E-state index in [1.54, 1.807) is 6.07 Å². The lowest BCUT2D eigenvalue weighted by molar-refractivity contribution is 0.101. The average molecular weight is 332 g/mol. The fourth-order valence-electron chi connectivity index (χ4n) is 2.53. The third-order valence-corrected chi connectivity index (χ3v) is 4.34. The maximum Gasteiger partial charge on any atom is 0.192 e. The Bertz CT molecular complexity index is 871. The molecular weight excluding hydrogens is 318 g/mol. The molecule has 0 amide bonds. The Labute approximate surface area is 135 Å². The summed E-state index contributed by atoms with van der Waals surface area (Å²) in [5.41, 5.74) is 3.07. The number of aromatic nitrogens is 1. The molecule has 112 valence electrons. The number of benzene rings is 2. The lowest BCUT2D eigenvalue weighted by Gasteiger charge is -2.04. The summed E-state index contributed by atoms with van der Waals surface area (Å²) in [6.07, 6.45) is 1.53. The highest BCUT2D eigenvalue weighted by Gasteiger charge is 2.20. The monoisotopic (exact) mass is 331 g/mol. The van der Waals surface area contributed by atoms with Crippen molar-refractivity contribution in [2.75, 3.05) is 12.0 Å². The SMILES string of the molecule is CS(=O)CC(=O)c1[nH]c2ccc(Cl)cc2c1-c1ccccc1. The van der Waals surface area contributed by atoms with Crippen LogP contribution in [0.1, 0.15) is 10.5 Å². The second kappa shape index (κ2) is 6.07. The van der Waals surface area contributed by atoms with Gasteiger partial charge in [0.25, 0.3) is 0 Å². The van der Waals surface area contributed by atoms with Gasteiger partial charge >= 0.3 is 0 Å². The number of rotatable bonds is 4. The standard InChI is InChI=1S/C17H14ClNO2S/c1-22(21)10-15(20)17-16(11-5-3-2-4-6-11)13-9-12(18)7-8-14(13)19-17/h2-9,19H,10H2,1H3. The summed E-state index contributed by atoms with van der Waals surface area (Å²) in [6.45, 7) is 0. The van der Waals surface area contributed by atoms with Crippen LogP contribution in [-0.2, 0) is 10.8 Å². The van der Waals surface area contributed by atoms with E-state index in [1.807, 2.05) is 42.5 Å². The first-order valence-electron chi connectivity index (χ1n) is 6.76. The molecule has 0 aliphatic rings. The van der Waals surface area contributed by atoms with E-state index >= 15 is 0 Å².